The predicted molar refractivity (Wildman–Crippen MR) is 98.5 cm³/mol. The first-order chi connectivity index (χ1) is 12.4. The Balaban J connectivity index is 1.91. The van der Waals surface area contributed by atoms with Crippen LogP contribution in [-0.2, 0) is 14.3 Å². The summed E-state index contributed by atoms with van der Waals surface area (Å²) in [4.78, 5) is 28.4. The van der Waals surface area contributed by atoms with Crippen LogP contribution in [0.5, 0.6) is 0 Å². The van der Waals surface area contributed by atoms with Gasteiger partial charge in [-0.2, -0.15) is 0 Å². The van der Waals surface area contributed by atoms with Crippen LogP contribution in [0.2, 0.25) is 10.0 Å². The van der Waals surface area contributed by atoms with Gasteiger partial charge < -0.3 is 14.7 Å². The highest BCUT2D eigenvalue weighted by Gasteiger charge is 2.43. The highest BCUT2D eigenvalue weighted by atomic mass is 35.5. The fourth-order valence-corrected chi connectivity index (χ4v) is 3.88. The van der Waals surface area contributed by atoms with Crippen LogP contribution in [0.3, 0.4) is 0 Å². The molecule has 0 radical (unpaired) electrons. The van der Waals surface area contributed by atoms with Crippen LogP contribution in [0.1, 0.15) is 18.5 Å². The summed E-state index contributed by atoms with van der Waals surface area (Å²) in [6.07, 6.45) is 0. The van der Waals surface area contributed by atoms with Crippen molar-refractivity contribution in [1.29, 1.82) is 0 Å². The van der Waals surface area contributed by atoms with Gasteiger partial charge in [0.05, 0.1) is 24.8 Å². The third kappa shape index (κ3) is 3.74. The van der Waals surface area contributed by atoms with Gasteiger partial charge >= 0.3 is 0 Å². The fourth-order valence-electron chi connectivity index (χ4n) is 3.36. The van der Waals surface area contributed by atoms with E-state index in [9.17, 15) is 14.7 Å². The average molecular weight is 399 g/mol. The number of rotatable bonds is 5. The molecule has 0 spiro atoms. The lowest BCUT2D eigenvalue weighted by molar-refractivity contribution is -0.129. The molecular formula is C18H20Cl2N2O4. The van der Waals surface area contributed by atoms with Crippen molar-refractivity contribution in [3.8, 4) is 0 Å². The molecular weight excluding hydrogens is 379 g/mol. The monoisotopic (exact) mass is 398 g/mol. The van der Waals surface area contributed by atoms with Gasteiger partial charge in [0.2, 0.25) is 0 Å². The Morgan fingerprint density at radius 3 is 2.58 bits per heavy atom. The molecule has 1 aromatic rings. The summed E-state index contributed by atoms with van der Waals surface area (Å²) in [6, 6.07) is 4.19. The SMILES string of the molecule is CC(=O)C1=C(O)C(=O)N(CCN2CCOCC2)[C@@H]1c1ccc(Cl)cc1Cl. The molecule has 2 aliphatic rings. The molecule has 3 rings (SSSR count). The summed E-state index contributed by atoms with van der Waals surface area (Å²) in [5, 5.41) is 11.1. The van der Waals surface area contributed by atoms with E-state index in [1.165, 1.54) is 11.8 Å². The quantitative estimate of drug-likeness (QED) is 0.825. The lowest BCUT2D eigenvalue weighted by Gasteiger charge is -2.32. The Bertz CT molecular complexity index is 760. The van der Waals surface area contributed by atoms with E-state index in [2.05, 4.69) is 4.90 Å². The number of Topliss-reactive ketones (excluding diaryl/α,β-unsaturated/α-hetero) is 1. The Morgan fingerprint density at radius 1 is 1.27 bits per heavy atom. The molecule has 26 heavy (non-hydrogen) atoms. The molecule has 1 amide bonds. The van der Waals surface area contributed by atoms with Crippen LogP contribution < -0.4 is 0 Å². The van der Waals surface area contributed by atoms with Gasteiger partial charge in [0, 0.05) is 36.2 Å². The van der Waals surface area contributed by atoms with Crippen LogP contribution >= 0.6 is 23.2 Å². The lowest BCUT2D eigenvalue weighted by atomic mass is 9.96. The van der Waals surface area contributed by atoms with Crippen molar-refractivity contribution in [3.63, 3.8) is 0 Å². The molecule has 0 saturated carbocycles. The van der Waals surface area contributed by atoms with Gasteiger partial charge in [0.25, 0.3) is 5.91 Å². The largest absolute Gasteiger partial charge is 0.503 e. The van der Waals surface area contributed by atoms with E-state index in [0.717, 1.165) is 13.1 Å². The molecule has 0 bridgehead atoms. The smallest absolute Gasteiger partial charge is 0.290 e. The van der Waals surface area contributed by atoms with Crippen molar-refractivity contribution in [3.05, 3.63) is 45.1 Å². The molecule has 0 aliphatic carbocycles. The molecule has 1 saturated heterocycles. The maximum absolute atomic E-state index is 12.6. The predicted octanol–water partition coefficient (Wildman–Crippen LogP) is 2.61. The number of carbonyl (C=O) groups is 2. The van der Waals surface area contributed by atoms with E-state index < -0.39 is 17.7 Å². The van der Waals surface area contributed by atoms with E-state index in [4.69, 9.17) is 27.9 Å². The number of aliphatic hydroxyl groups is 1. The number of morpholine rings is 1. The zero-order valence-electron chi connectivity index (χ0n) is 14.4. The molecule has 1 fully saturated rings. The van der Waals surface area contributed by atoms with Crippen LogP contribution in [-0.4, -0.2) is 66.0 Å². The van der Waals surface area contributed by atoms with Crippen molar-refractivity contribution in [2.45, 2.75) is 13.0 Å². The fraction of sp³-hybridized carbons (Fsp3) is 0.444. The molecule has 140 valence electrons. The van der Waals surface area contributed by atoms with Gasteiger partial charge in [-0.3, -0.25) is 14.5 Å². The Hall–Kier alpha value is -1.60. The first kappa shape index (κ1) is 19.2. The van der Waals surface area contributed by atoms with Gasteiger partial charge in [0.1, 0.15) is 0 Å². The standard InChI is InChI=1S/C18H20Cl2N2O4/c1-11(23)15-16(13-3-2-12(19)10-14(13)20)22(18(25)17(15)24)5-4-21-6-8-26-9-7-21/h2-3,10,16,24H,4-9H2,1H3/t16-/m1/s1. The normalized spacial score (nSPS) is 21.6. The summed E-state index contributed by atoms with van der Waals surface area (Å²) >= 11 is 12.3. The number of halogens is 2. The lowest BCUT2D eigenvalue weighted by Crippen LogP contribution is -2.43. The topological polar surface area (TPSA) is 70.1 Å². The Labute approximate surface area is 161 Å². The molecule has 8 heteroatoms. The molecule has 2 aliphatic heterocycles. The molecule has 0 unspecified atom stereocenters. The number of hydrogen-bond donors (Lipinski definition) is 1. The van der Waals surface area contributed by atoms with E-state index >= 15 is 0 Å². The number of benzene rings is 1. The van der Waals surface area contributed by atoms with Crippen LogP contribution in [0.25, 0.3) is 0 Å². The summed E-state index contributed by atoms with van der Waals surface area (Å²) in [5.41, 5.74) is 0.641. The first-order valence-electron chi connectivity index (χ1n) is 8.40. The maximum Gasteiger partial charge on any atom is 0.290 e. The minimum absolute atomic E-state index is 0.0706. The second-order valence-electron chi connectivity index (χ2n) is 6.34. The van der Waals surface area contributed by atoms with E-state index in [-0.39, 0.29) is 11.4 Å². The molecule has 6 nitrogen and oxygen atoms in total. The summed E-state index contributed by atoms with van der Waals surface area (Å²) in [7, 11) is 0. The summed E-state index contributed by atoms with van der Waals surface area (Å²) < 4.78 is 5.33. The second-order valence-corrected chi connectivity index (χ2v) is 7.18. The zero-order chi connectivity index (χ0) is 18.8. The van der Waals surface area contributed by atoms with Crippen molar-refractivity contribution in [2.75, 3.05) is 39.4 Å². The van der Waals surface area contributed by atoms with Gasteiger partial charge in [-0.15, -0.1) is 0 Å². The van der Waals surface area contributed by atoms with Crippen LogP contribution in [0, 0.1) is 0 Å². The van der Waals surface area contributed by atoms with E-state index in [1.54, 1.807) is 18.2 Å². The maximum atomic E-state index is 12.6. The van der Waals surface area contributed by atoms with Gasteiger partial charge in [-0.05, 0) is 24.6 Å². The van der Waals surface area contributed by atoms with Crippen molar-refractivity contribution in [1.82, 2.24) is 9.80 Å². The van der Waals surface area contributed by atoms with Crippen LogP contribution in [0.15, 0.2) is 29.5 Å². The molecule has 1 aromatic carbocycles. The van der Waals surface area contributed by atoms with Crippen molar-refractivity contribution in [2.24, 2.45) is 0 Å². The summed E-state index contributed by atoms with van der Waals surface area (Å²) in [6.45, 7) is 5.20. The number of hydrogen-bond acceptors (Lipinski definition) is 5. The Morgan fingerprint density at radius 2 is 1.96 bits per heavy atom. The number of ketones is 1. The molecule has 1 N–H and O–H groups in total. The third-order valence-corrected chi connectivity index (χ3v) is 5.26. The third-order valence-electron chi connectivity index (χ3n) is 4.70. The highest BCUT2D eigenvalue weighted by Crippen LogP contribution is 2.40. The number of carbonyl (C=O) groups excluding carboxylic acids is 2. The van der Waals surface area contributed by atoms with E-state index in [1.807, 2.05) is 0 Å². The number of ether oxygens (including phenoxy) is 1. The summed E-state index contributed by atoms with van der Waals surface area (Å²) in [5.74, 6) is -1.42. The minimum atomic E-state index is -0.717. The molecule has 1 atom stereocenters. The minimum Gasteiger partial charge on any atom is -0.503 e. The zero-order valence-corrected chi connectivity index (χ0v) is 15.9. The highest BCUT2D eigenvalue weighted by molar-refractivity contribution is 6.35. The van der Waals surface area contributed by atoms with E-state index in [0.29, 0.717) is 41.9 Å². The molecule has 0 aromatic heterocycles. The van der Waals surface area contributed by atoms with Gasteiger partial charge in [0.15, 0.2) is 11.5 Å². The number of nitrogens with zero attached hydrogens (tertiary/aromatic N) is 2. The number of amides is 1. The Kier molecular flexibility index (Phi) is 5.87. The first-order valence-corrected chi connectivity index (χ1v) is 9.16. The van der Waals surface area contributed by atoms with Crippen molar-refractivity contribution >= 4 is 34.9 Å². The second kappa shape index (κ2) is 7.96. The van der Waals surface area contributed by atoms with Crippen molar-refractivity contribution < 1.29 is 19.4 Å². The van der Waals surface area contributed by atoms with Crippen LogP contribution in [0.4, 0.5) is 0 Å². The van der Waals surface area contributed by atoms with Gasteiger partial charge in [-0.25, -0.2) is 0 Å². The molecule has 2 heterocycles. The number of aliphatic hydroxyl groups excluding tert-OH is 1. The average Bonchev–Trinajstić information content (AvgIpc) is 2.85. The van der Waals surface area contributed by atoms with Gasteiger partial charge in [-0.1, -0.05) is 29.3 Å².